The number of aromatic nitrogens is 1. The van der Waals surface area contributed by atoms with Crippen LogP contribution in [0.15, 0.2) is 137 Å². The van der Waals surface area contributed by atoms with Gasteiger partial charge in [-0.05, 0) is 65.6 Å². The molecule has 0 aliphatic rings. The quantitative estimate of drug-likeness (QED) is 0.145. The zero-order valence-corrected chi connectivity index (χ0v) is 25.2. The summed E-state index contributed by atoms with van der Waals surface area (Å²) in [5.74, 6) is 0.607. The van der Waals surface area contributed by atoms with E-state index < -0.39 is 15.9 Å². The molecule has 0 bridgehead atoms. The highest BCUT2D eigenvalue weighted by Crippen LogP contribution is 2.24. The molecular formula is C35H33ClN2O4S. The molecule has 220 valence electrons. The second-order valence-corrected chi connectivity index (χ2v) is 12.6. The number of pyridine rings is 1. The van der Waals surface area contributed by atoms with E-state index in [0.717, 1.165) is 16.7 Å². The van der Waals surface area contributed by atoms with Crippen LogP contribution in [0.2, 0.25) is 5.15 Å². The number of benzene rings is 4. The van der Waals surface area contributed by atoms with Crippen molar-refractivity contribution in [2.24, 2.45) is 0 Å². The van der Waals surface area contributed by atoms with Crippen LogP contribution < -0.4 is 4.74 Å². The Balaban J connectivity index is 1.22. The Labute approximate surface area is 258 Å². The van der Waals surface area contributed by atoms with Gasteiger partial charge >= 0.3 is 0 Å². The van der Waals surface area contributed by atoms with Crippen LogP contribution in [-0.2, 0) is 29.4 Å². The standard InChI is InChI=1S/C35H33ClN2O4S/c36-35-20-13-30(23-37-35)34(39)25-38(24-28-7-3-1-4-8-28)22-21-27-11-16-32(17-12-27)43(40,41)33-18-14-31(15-19-33)42-26-29-9-5-2-6-10-29/h1-20,23,34,39H,21-22,24-26H2/t34-/m0/s1. The monoisotopic (exact) mass is 612 g/mol. The lowest BCUT2D eigenvalue weighted by molar-refractivity contribution is 0.109. The van der Waals surface area contributed by atoms with E-state index in [1.165, 1.54) is 0 Å². The molecule has 0 aliphatic carbocycles. The topological polar surface area (TPSA) is 79.7 Å². The van der Waals surface area contributed by atoms with Gasteiger partial charge in [0, 0.05) is 31.4 Å². The van der Waals surface area contributed by atoms with Gasteiger partial charge in [0.25, 0.3) is 0 Å². The molecule has 0 amide bonds. The minimum absolute atomic E-state index is 0.215. The summed E-state index contributed by atoms with van der Waals surface area (Å²) in [6.45, 7) is 2.16. The third-order valence-electron chi connectivity index (χ3n) is 7.15. The molecule has 0 spiro atoms. The van der Waals surface area contributed by atoms with Crippen LogP contribution >= 0.6 is 11.6 Å². The lowest BCUT2D eigenvalue weighted by Gasteiger charge is -2.25. The molecule has 0 unspecified atom stereocenters. The third-order valence-corrected chi connectivity index (χ3v) is 9.16. The van der Waals surface area contributed by atoms with Crippen molar-refractivity contribution in [2.45, 2.75) is 35.5 Å². The number of aliphatic hydroxyl groups excluding tert-OH is 1. The average molecular weight is 613 g/mol. The van der Waals surface area contributed by atoms with Gasteiger partial charge in [0.1, 0.15) is 17.5 Å². The maximum Gasteiger partial charge on any atom is 0.206 e. The fourth-order valence-electron chi connectivity index (χ4n) is 4.73. The molecule has 0 saturated carbocycles. The largest absolute Gasteiger partial charge is 0.489 e. The summed E-state index contributed by atoms with van der Waals surface area (Å²) < 4.78 is 32.4. The van der Waals surface area contributed by atoms with Gasteiger partial charge in [-0.2, -0.15) is 0 Å². The van der Waals surface area contributed by atoms with E-state index in [9.17, 15) is 13.5 Å². The van der Waals surface area contributed by atoms with E-state index in [0.29, 0.717) is 49.1 Å². The first-order valence-electron chi connectivity index (χ1n) is 14.0. The molecule has 0 saturated heterocycles. The molecule has 1 aromatic heterocycles. The zero-order valence-electron chi connectivity index (χ0n) is 23.6. The summed E-state index contributed by atoms with van der Waals surface area (Å²) in [6, 6.07) is 36.9. The summed E-state index contributed by atoms with van der Waals surface area (Å²) in [7, 11) is -3.68. The van der Waals surface area contributed by atoms with Crippen LogP contribution in [0.25, 0.3) is 0 Å². The molecule has 4 aromatic carbocycles. The van der Waals surface area contributed by atoms with Crippen molar-refractivity contribution >= 4 is 21.4 Å². The molecule has 0 radical (unpaired) electrons. The molecule has 1 heterocycles. The Morgan fingerprint density at radius 2 is 1.35 bits per heavy atom. The van der Waals surface area contributed by atoms with E-state index in [1.54, 1.807) is 54.7 Å². The third kappa shape index (κ3) is 8.52. The van der Waals surface area contributed by atoms with Crippen molar-refractivity contribution in [3.8, 4) is 5.75 Å². The second-order valence-electron chi connectivity index (χ2n) is 10.3. The normalized spacial score (nSPS) is 12.3. The summed E-state index contributed by atoms with van der Waals surface area (Å²) >= 11 is 5.91. The highest BCUT2D eigenvalue weighted by Gasteiger charge is 2.19. The SMILES string of the molecule is O=S(=O)(c1ccc(CCN(Cc2ccccc2)C[C@H](O)c2ccc(Cl)nc2)cc1)c1ccc(OCc2ccccc2)cc1. The van der Waals surface area contributed by atoms with Gasteiger partial charge in [0.15, 0.2) is 0 Å². The van der Waals surface area contributed by atoms with Crippen LogP contribution in [0.5, 0.6) is 5.75 Å². The minimum atomic E-state index is -3.68. The first-order chi connectivity index (χ1) is 20.9. The smallest absolute Gasteiger partial charge is 0.206 e. The Morgan fingerprint density at radius 3 is 1.95 bits per heavy atom. The lowest BCUT2D eigenvalue weighted by Crippen LogP contribution is -2.30. The molecule has 43 heavy (non-hydrogen) atoms. The second kappa shape index (κ2) is 14.4. The van der Waals surface area contributed by atoms with Crippen LogP contribution in [-0.4, -0.2) is 36.5 Å². The fourth-order valence-corrected chi connectivity index (χ4v) is 6.10. The van der Waals surface area contributed by atoms with Crippen molar-refractivity contribution in [3.05, 3.63) is 155 Å². The number of nitrogens with zero attached hydrogens (tertiary/aromatic N) is 2. The van der Waals surface area contributed by atoms with E-state index in [1.807, 2.05) is 60.7 Å². The Bertz CT molecular complexity index is 1680. The van der Waals surface area contributed by atoms with Gasteiger partial charge < -0.3 is 9.84 Å². The maximum atomic E-state index is 13.3. The van der Waals surface area contributed by atoms with Crippen molar-refractivity contribution in [1.29, 1.82) is 0 Å². The molecular weight excluding hydrogens is 580 g/mol. The number of hydrogen-bond acceptors (Lipinski definition) is 6. The Morgan fingerprint density at radius 1 is 0.744 bits per heavy atom. The lowest BCUT2D eigenvalue weighted by atomic mass is 10.1. The van der Waals surface area contributed by atoms with Crippen molar-refractivity contribution in [1.82, 2.24) is 9.88 Å². The van der Waals surface area contributed by atoms with Crippen LogP contribution in [0.1, 0.15) is 28.4 Å². The number of sulfone groups is 1. The predicted octanol–water partition coefficient (Wildman–Crippen LogP) is 6.93. The first kappa shape index (κ1) is 30.4. The van der Waals surface area contributed by atoms with E-state index in [-0.39, 0.29) is 9.79 Å². The maximum absolute atomic E-state index is 13.3. The zero-order chi connectivity index (χ0) is 30.1. The van der Waals surface area contributed by atoms with Gasteiger partial charge in [-0.25, -0.2) is 13.4 Å². The fraction of sp³-hybridized carbons (Fsp3) is 0.171. The number of hydrogen-bond donors (Lipinski definition) is 1. The minimum Gasteiger partial charge on any atom is -0.489 e. The van der Waals surface area contributed by atoms with Crippen LogP contribution in [0.3, 0.4) is 0 Å². The molecule has 0 fully saturated rings. The van der Waals surface area contributed by atoms with E-state index >= 15 is 0 Å². The van der Waals surface area contributed by atoms with Crippen molar-refractivity contribution in [3.63, 3.8) is 0 Å². The number of halogens is 1. The van der Waals surface area contributed by atoms with Gasteiger partial charge in [-0.15, -0.1) is 0 Å². The van der Waals surface area contributed by atoms with Crippen LogP contribution in [0.4, 0.5) is 0 Å². The molecule has 1 N–H and O–H groups in total. The molecule has 6 nitrogen and oxygen atoms in total. The number of ether oxygens (including phenoxy) is 1. The molecule has 5 rings (SSSR count). The molecule has 5 aromatic rings. The number of rotatable bonds is 13. The highest BCUT2D eigenvalue weighted by atomic mass is 35.5. The van der Waals surface area contributed by atoms with Crippen LogP contribution in [0, 0.1) is 0 Å². The summed E-state index contributed by atoms with van der Waals surface area (Å²) in [5.41, 5.74) is 3.89. The summed E-state index contributed by atoms with van der Waals surface area (Å²) in [4.78, 5) is 6.72. The Kier molecular flexibility index (Phi) is 10.2. The average Bonchev–Trinajstić information content (AvgIpc) is 3.04. The first-order valence-corrected chi connectivity index (χ1v) is 15.9. The molecule has 8 heteroatoms. The summed E-state index contributed by atoms with van der Waals surface area (Å²) in [6.07, 6.45) is 1.56. The molecule has 0 aliphatic heterocycles. The highest BCUT2D eigenvalue weighted by molar-refractivity contribution is 7.91. The van der Waals surface area contributed by atoms with Gasteiger partial charge in [0.05, 0.1) is 15.9 Å². The van der Waals surface area contributed by atoms with E-state index in [4.69, 9.17) is 16.3 Å². The Hall–Kier alpha value is -4.01. The van der Waals surface area contributed by atoms with Gasteiger partial charge in [0.2, 0.25) is 9.84 Å². The molecule has 1 atom stereocenters. The number of aliphatic hydroxyl groups is 1. The van der Waals surface area contributed by atoms with Crippen molar-refractivity contribution < 1.29 is 18.3 Å². The van der Waals surface area contributed by atoms with Gasteiger partial charge in [-0.1, -0.05) is 90.5 Å². The van der Waals surface area contributed by atoms with Gasteiger partial charge in [-0.3, -0.25) is 4.90 Å². The predicted molar refractivity (Wildman–Crippen MR) is 169 cm³/mol. The van der Waals surface area contributed by atoms with Crippen molar-refractivity contribution in [2.75, 3.05) is 13.1 Å². The summed E-state index contributed by atoms with van der Waals surface area (Å²) in [5, 5.41) is 11.3. The van der Waals surface area contributed by atoms with E-state index in [2.05, 4.69) is 22.0 Å².